The maximum absolute atomic E-state index is 11.9. The van der Waals surface area contributed by atoms with Gasteiger partial charge in [0.05, 0.1) is 6.04 Å². The zero-order chi connectivity index (χ0) is 15.2. The first kappa shape index (κ1) is 16.5. The van der Waals surface area contributed by atoms with Crippen molar-refractivity contribution in [2.45, 2.75) is 39.3 Å². The van der Waals surface area contributed by atoms with Gasteiger partial charge in [-0.05, 0) is 49.2 Å². The SMILES string of the molecule is CC(C)[C@H](N)C(=O)NCC1CCN(Cc2cccs2)CC1. The van der Waals surface area contributed by atoms with Crippen LogP contribution in [0, 0.1) is 11.8 Å². The molecule has 1 saturated heterocycles. The summed E-state index contributed by atoms with van der Waals surface area (Å²) in [5.74, 6) is 0.775. The van der Waals surface area contributed by atoms with Gasteiger partial charge >= 0.3 is 0 Å². The van der Waals surface area contributed by atoms with E-state index in [9.17, 15) is 4.79 Å². The van der Waals surface area contributed by atoms with Crippen molar-refractivity contribution in [3.8, 4) is 0 Å². The summed E-state index contributed by atoms with van der Waals surface area (Å²) in [5, 5.41) is 5.15. The summed E-state index contributed by atoms with van der Waals surface area (Å²) in [6.07, 6.45) is 2.31. The molecule has 1 fully saturated rings. The lowest BCUT2D eigenvalue weighted by Gasteiger charge is -2.32. The lowest BCUT2D eigenvalue weighted by atomic mass is 9.96. The van der Waals surface area contributed by atoms with Crippen molar-refractivity contribution in [3.05, 3.63) is 22.4 Å². The maximum atomic E-state index is 11.9. The molecule has 3 N–H and O–H groups in total. The Bertz CT molecular complexity index is 425. The third-order valence-electron chi connectivity index (χ3n) is 4.25. The lowest BCUT2D eigenvalue weighted by molar-refractivity contribution is -0.123. The van der Waals surface area contributed by atoms with Gasteiger partial charge in [-0.15, -0.1) is 11.3 Å². The van der Waals surface area contributed by atoms with Crippen molar-refractivity contribution < 1.29 is 4.79 Å². The minimum absolute atomic E-state index is 0.00832. The van der Waals surface area contributed by atoms with E-state index < -0.39 is 0 Å². The minimum atomic E-state index is -0.385. The van der Waals surface area contributed by atoms with Crippen LogP contribution in [0.25, 0.3) is 0 Å². The van der Waals surface area contributed by atoms with Gasteiger partial charge in [0, 0.05) is 18.0 Å². The van der Waals surface area contributed by atoms with Gasteiger partial charge in [-0.1, -0.05) is 19.9 Å². The molecule has 0 unspecified atom stereocenters. The third kappa shape index (κ3) is 5.09. The average molecular weight is 309 g/mol. The number of likely N-dealkylation sites (tertiary alicyclic amines) is 1. The van der Waals surface area contributed by atoms with E-state index in [0.717, 1.165) is 39.0 Å². The fraction of sp³-hybridized carbons (Fsp3) is 0.688. The van der Waals surface area contributed by atoms with Crippen molar-refractivity contribution in [1.29, 1.82) is 0 Å². The molecule has 0 saturated carbocycles. The molecule has 118 valence electrons. The zero-order valence-electron chi connectivity index (χ0n) is 13.0. The van der Waals surface area contributed by atoms with Crippen LogP contribution < -0.4 is 11.1 Å². The predicted octanol–water partition coefficient (Wildman–Crippen LogP) is 2.06. The van der Waals surface area contributed by atoms with Crippen LogP contribution in [0.1, 0.15) is 31.6 Å². The monoisotopic (exact) mass is 309 g/mol. The Morgan fingerprint density at radius 3 is 2.76 bits per heavy atom. The molecule has 1 amide bonds. The highest BCUT2D eigenvalue weighted by Crippen LogP contribution is 2.20. The Kier molecular flexibility index (Phi) is 6.21. The molecule has 4 nitrogen and oxygen atoms in total. The molecule has 2 heterocycles. The Labute approximate surface area is 131 Å². The molecule has 0 bridgehead atoms. The van der Waals surface area contributed by atoms with Crippen molar-refractivity contribution in [2.75, 3.05) is 19.6 Å². The molecule has 1 aromatic rings. The highest BCUT2D eigenvalue weighted by atomic mass is 32.1. The predicted molar refractivity (Wildman–Crippen MR) is 88.1 cm³/mol. The summed E-state index contributed by atoms with van der Waals surface area (Å²) in [4.78, 5) is 15.8. The van der Waals surface area contributed by atoms with Crippen molar-refractivity contribution >= 4 is 17.2 Å². The second kappa shape index (κ2) is 7.92. The number of nitrogens with zero attached hydrogens (tertiary/aromatic N) is 1. The van der Waals surface area contributed by atoms with E-state index in [1.54, 1.807) is 0 Å². The Morgan fingerprint density at radius 1 is 1.48 bits per heavy atom. The van der Waals surface area contributed by atoms with Gasteiger partial charge in [0.15, 0.2) is 0 Å². The van der Waals surface area contributed by atoms with Crippen LogP contribution in [0.4, 0.5) is 0 Å². The molecule has 1 aromatic heterocycles. The second-order valence-corrected chi connectivity index (χ2v) is 7.35. The van der Waals surface area contributed by atoms with Crippen LogP contribution in [-0.4, -0.2) is 36.5 Å². The van der Waals surface area contributed by atoms with Crippen LogP contribution in [0.2, 0.25) is 0 Å². The molecular formula is C16H27N3OS. The second-order valence-electron chi connectivity index (χ2n) is 6.31. The summed E-state index contributed by atoms with van der Waals surface area (Å²) in [5.41, 5.74) is 5.85. The minimum Gasteiger partial charge on any atom is -0.354 e. The first-order valence-corrected chi connectivity index (χ1v) is 8.72. The number of nitrogens with one attached hydrogen (secondary N) is 1. The smallest absolute Gasteiger partial charge is 0.237 e. The molecular weight excluding hydrogens is 282 g/mol. The molecule has 1 aliphatic heterocycles. The van der Waals surface area contributed by atoms with E-state index in [1.165, 1.54) is 4.88 Å². The van der Waals surface area contributed by atoms with Gasteiger partial charge in [-0.2, -0.15) is 0 Å². The third-order valence-corrected chi connectivity index (χ3v) is 5.11. The number of nitrogens with two attached hydrogens (primary N) is 1. The summed E-state index contributed by atoms with van der Waals surface area (Å²) in [7, 11) is 0. The number of carbonyl (C=O) groups is 1. The molecule has 0 radical (unpaired) electrons. The number of rotatable bonds is 6. The standard InChI is InChI=1S/C16H27N3OS/c1-12(2)15(17)16(20)18-10-13-5-7-19(8-6-13)11-14-4-3-9-21-14/h3-4,9,12-13,15H,5-8,10-11,17H2,1-2H3,(H,18,20)/t15-/m0/s1. The molecule has 1 atom stereocenters. The van der Waals surface area contributed by atoms with Crippen molar-refractivity contribution in [2.24, 2.45) is 17.6 Å². The first-order chi connectivity index (χ1) is 10.1. The van der Waals surface area contributed by atoms with Crippen LogP contribution in [0.3, 0.4) is 0 Å². The van der Waals surface area contributed by atoms with E-state index >= 15 is 0 Å². The number of piperidine rings is 1. The van der Waals surface area contributed by atoms with Gasteiger partial charge < -0.3 is 11.1 Å². The van der Waals surface area contributed by atoms with Gasteiger partial charge in [-0.3, -0.25) is 9.69 Å². The molecule has 0 aromatic carbocycles. The summed E-state index contributed by atoms with van der Waals surface area (Å²) in [6.45, 7) is 8.03. The van der Waals surface area contributed by atoms with Gasteiger partial charge in [0.25, 0.3) is 0 Å². The van der Waals surface area contributed by atoms with Crippen LogP contribution in [0.15, 0.2) is 17.5 Å². The Hall–Kier alpha value is -0.910. The van der Waals surface area contributed by atoms with E-state index in [2.05, 4.69) is 27.7 Å². The lowest BCUT2D eigenvalue weighted by Crippen LogP contribution is -2.46. The fourth-order valence-corrected chi connectivity index (χ4v) is 3.38. The number of thiophene rings is 1. The van der Waals surface area contributed by atoms with Gasteiger partial charge in [0.1, 0.15) is 0 Å². The van der Waals surface area contributed by atoms with E-state index in [4.69, 9.17) is 5.73 Å². The Balaban J connectivity index is 1.66. The van der Waals surface area contributed by atoms with Gasteiger partial charge in [-0.25, -0.2) is 0 Å². The average Bonchev–Trinajstić information content (AvgIpc) is 2.98. The van der Waals surface area contributed by atoms with Crippen LogP contribution in [-0.2, 0) is 11.3 Å². The first-order valence-electron chi connectivity index (χ1n) is 7.84. The highest BCUT2D eigenvalue weighted by molar-refractivity contribution is 7.09. The number of hydrogen-bond donors (Lipinski definition) is 2. The normalized spacial score (nSPS) is 18.9. The van der Waals surface area contributed by atoms with E-state index in [1.807, 2.05) is 25.2 Å². The van der Waals surface area contributed by atoms with Crippen LogP contribution >= 0.6 is 11.3 Å². The van der Waals surface area contributed by atoms with Crippen molar-refractivity contribution in [1.82, 2.24) is 10.2 Å². The van der Waals surface area contributed by atoms with Gasteiger partial charge in [0.2, 0.25) is 5.91 Å². The Morgan fingerprint density at radius 2 is 2.19 bits per heavy atom. The largest absolute Gasteiger partial charge is 0.354 e. The van der Waals surface area contributed by atoms with Crippen molar-refractivity contribution in [3.63, 3.8) is 0 Å². The molecule has 5 heteroatoms. The molecule has 0 aliphatic carbocycles. The summed E-state index contributed by atoms with van der Waals surface area (Å²) < 4.78 is 0. The van der Waals surface area contributed by atoms with E-state index in [0.29, 0.717) is 5.92 Å². The van der Waals surface area contributed by atoms with Crippen LogP contribution in [0.5, 0.6) is 0 Å². The molecule has 2 rings (SSSR count). The zero-order valence-corrected chi connectivity index (χ0v) is 13.9. The number of hydrogen-bond acceptors (Lipinski definition) is 4. The highest BCUT2D eigenvalue weighted by Gasteiger charge is 2.22. The quantitative estimate of drug-likeness (QED) is 0.845. The fourth-order valence-electron chi connectivity index (χ4n) is 2.64. The number of amides is 1. The molecule has 1 aliphatic rings. The number of carbonyl (C=O) groups excluding carboxylic acids is 1. The summed E-state index contributed by atoms with van der Waals surface area (Å²) >= 11 is 1.82. The topological polar surface area (TPSA) is 58.4 Å². The summed E-state index contributed by atoms with van der Waals surface area (Å²) in [6, 6.07) is 3.92. The maximum Gasteiger partial charge on any atom is 0.237 e. The molecule has 0 spiro atoms. The van der Waals surface area contributed by atoms with E-state index in [-0.39, 0.29) is 17.9 Å². The molecule has 21 heavy (non-hydrogen) atoms.